The Morgan fingerprint density at radius 2 is 1.93 bits per heavy atom. The van der Waals surface area contributed by atoms with Crippen LogP contribution in [-0.2, 0) is 4.79 Å². The molecule has 0 unspecified atom stereocenters. The number of nitrogen functional groups attached to an aromatic ring is 1. The first kappa shape index (κ1) is 18.4. The smallest absolute Gasteiger partial charge is 0.229 e. The van der Waals surface area contributed by atoms with Crippen molar-refractivity contribution in [3.63, 3.8) is 0 Å². The molecule has 0 aliphatic heterocycles. The number of rotatable bonds is 3. The summed E-state index contributed by atoms with van der Waals surface area (Å²) in [5.41, 5.74) is 9.72. The summed E-state index contributed by atoms with van der Waals surface area (Å²) in [4.78, 5) is 21.3. The van der Waals surface area contributed by atoms with Crippen molar-refractivity contribution in [2.24, 2.45) is 23.7 Å². The van der Waals surface area contributed by atoms with E-state index in [9.17, 15) is 4.79 Å². The lowest BCUT2D eigenvalue weighted by atomic mass is 9.98. The van der Waals surface area contributed by atoms with Crippen molar-refractivity contribution in [1.29, 1.82) is 0 Å². The number of aromatic nitrogens is 2. The maximum atomic E-state index is 12.7. The molecule has 148 valence electrons. The Bertz CT molecular complexity index is 1130. The van der Waals surface area contributed by atoms with Gasteiger partial charge in [0.1, 0.15) is 5.82 Å². The van der Waals surface area contributed by atoms with Gasteiger partial charge in [-0.05, 0) is 61.3 Å². The fraction of sp³-hybridized carbons (Fsp3) is 0.348. The molecule has 0 saturated heterocycles. The molecule has 2 heterocycles. The van der Waals surface area contributed by atoms with Crippen molar-refractivity contribution in [1.82, 2.24) is 9.97 Å². The molecule has 0 bridgehead atoms. The minimum absolute atomic E-state index is 0.0714. The summed E-state index contributed by atoms with van der Waals surface area (Å²) in [6, 6.07) is 5.63. The molecular weight excluding hydrogens is 384 g/mol. The van der Waals surface area contributed by atoms with E-state index in [2.05, 4.69) is 22.2 Å². The quantitative estimate of drug-likeness (QED) is 0.595. The molecule has 3 N–H and O–H groups in total. The number of carbonyl (C=O) groups is 1. The van der Waals surface area contributed by atoms with Gasteiger partial charge < -0.3 is 11.1 Å². The van der Waals surface area contributed by atoms with Crippen molar-refractivity contribution in [2.45, 2.75) is 26.7 Å². The van der Waals surface area contributed by atoms with Crippen LogP contribution < -0.4 is 11.1 Å². The average molecular weight is 407 g/mol. The molecule has 2 saturated carbocycles. The third-order valence-corrected chi connectivity index (χ3v) is 6.96. The SMILES string of the molecule is Cc1ccncc1-c1cc(N)c2cnc(NC(=O)[C@H]3[C@@H]4C[C@@H](C)C[C@@H]43)cc2c1Cl. The van der Waals surface area contributed by atoms with E-state index in [4.69, 9.17) is 17.3 Å². The van der Waals surface area contributed by atoms with Gasteiger partial charge in [0.15, 0.2) is 0 Å². The predicted octanol–water partition coefficient (Wildman–Crippen LogP) is 5.07. The molecule has 3 aromatic rings. The Morgan fingerprint density at radius 3 is 2.66 bits per heavy atom. The van der Waals surface area contributed by atoms with Gasteiger partial charge in [-0.15, -0.1) is 0 Å². The van der Waals surface area contributed by atoms with Crippen molar-refractivity contribution in [2.75, 3.05) is 11.1 Å². The number of nitrogens with two attached hydrogens (primary N) is 1. The van der Waals surface area contributed by atoms with E-state index in [0.29, 0.717) is 28.4 Å². The van der Waals surface area contributed by atoms with Gasteiger partial charge in [-0.2, -0.15) is 0 Å². The predicted molar refractivity (Wildman–Crippen MR) is 117 cm³/mol. The first-order chi connectivity index (χ1) is 13.9. The van der Waals surface area contributed by atoms with Crippen LogP contribution in [0.15, 0.2) is 36.8 Å². The van der Waals surface area contributed by atoms with Crippen molar-refractivity contribution in [3.8, 4) is 11.1 Å². The molecule has 2 aliphatic carbocycles. The largest absolute Gasteiger partial charge is 0.398 e. The monoisotopic (exact) mass is 406 g/mol. The Kier molecular flexibility index (Phi) is 4.24. The second-order valence-electron chi connectivity index (χ2n) is 8.55. The molecule has 29 heavy (non-hydrogen) atoms. The minimum atomic E-state index is 0.0714. The normalized spacial score (nSPS) is 25.1. The topological polar surface area (TPSA) is 80.9 Å². The van der Waals surface area contributed by atoms with Crippen LogP contribution in [0, 0.1) is 30.6 Å². The first-order valence-corrected chi connectivity index (χ1v) is 10.4. The molecule has 6 heteroatoms. The summed E-state index contributed by atoms with van der Waals surface area (Å²) in [6.45, 7) is 4.28. The number of aryl methyl sites for hydroxylation is 1. The highest BCUT2D eigenvalue weighted by Crippen LogP contribution is 2.59. The first-order valence-electron chi connectivity index (χ1n) is 10.0. The van der Waals surface area contributed by atoms with Gasteiger partial charge in [0.25, 0.3) is 0 Å². The number of nitrogens with one attached hydrogen (secondary N) is 1. The molecule has 1 aromatic carbocycles. The van der Waals surface area contributed by atoms with Crippen molar-refractivity contribution in [3.05, 3.63) is 47.4 Å². The Labute approximate surface area is 174 Å². The Balaban J connectivity index is 1.49. The van der Waals surface area contributed by atoms with Crippen molar-refractivity contribution >= 4 is 39.8 Å². The average Bonchev–Trinajstić information content (AvgIpc) is 3.22. The number of hydrogen-bond acceptors (Lipinski definition) is 4. The van der Waals surface area contributed by atoms with E-state index in [1.165, 1.54) is 0 Å². The maximum Gasteiger partial charge on any atom is 0.229 e. The van der Waals surface area contributed by atoms with Gasteiger partial charge >= 0.3 is 0 Å². The fourth-order valence-electron chi connectivity index (χ4n) is 5.03. The van der Waals surface area contributed by atoms with Crippen LogP contribution in [0.2, 0.25) is 5.02 Å². The molecule has 2 aliphatic rings. The summed E-state index contributed by atoms with van der Waals surface area (Å²) in [6.07, 6.45) is 7.54. The van der Waals surface area contributed by atoms with Crippen LogP contribution in [0.4, 0.5) is 11.5 Å². The lowest BCUT2D eigenvalue weighted by Crippen LogP contribution is -2.18. The van der Waals surface area contributed by atoms with Crippen molar-refractivity contribution < 1.29 is 4.79 Å². The molecule has 5 rings (SSSR count). The number of carbonyl (C=O) groups excluding carboxylic acids is 1. The number of halogens is 1. The number of anilines is 2. The number of amides is 1. The van der Waals surface area contributed by atoms with E-state index in [-0.39, 0.29) is 11.8 Å². The number of nitrogens with zero attached hydrogens (tertiary/aromatic N) is 2. The molecular formula is C23H23ClN4O. The number of benzene rings is 1. The zero-order valence-electron chi connectivity index (χ0n) is 16.4. The zero-order chi connectivity index (χ0) is 20.3. The second-order valence-corrected chi connectivity index (χ2v) is 8.93. The second kappa shape index (κ2) is 6.70. The van der Waals surface area contributed by atoms with Crippen LogP contribution in [0.3, 0.4) is 0 Å². The van der Waals surface area contributed by atoms with Gasteiger partial charge in [-0.25, -0.2) is 4.98 Å². The molecule has 1 amide bonds. The van der Waals surface area contributed by atoms with Crippen LogP contribution in [0.1, 0.15) is 25.3 Å². The van der Waals surface area contributed by atoms with Crippen LogP contribution in [0.25, 0.3) is 21.9 Å². The number of fused-ring (bicyclic) bond motifs is 2. The lowest BCUT2D eigenvalue weighted by Gasteiger charge is -2.14. The van der Waals surface area contributed by atoms with E-state index in [1.54, 1.807) is 18.6 Å². The highest BCUT2D eigenvalue weighted by molar-refractivity contribution is 6.39. The van der Waals surface area contributed by atoms with Crippen LogP contribution in [-0.4, -0.2) is 15.9 Å². The summed E-state index contributed by atoms with van der Waals surface area (Å²) in [5.74, 6) is 2.55. The number of pyridine rings is 2. The molecule has 4 atom stereocenters. The summed E-state index contributed by atoms with van der Waals surface area (Å²) in [7, 11) is 0. The standard InChI is InChI=1S/C23H23ClN4O/c1-11-5-13-14(6-11)21(13)23(29)28-20-8-16-18(10-27-20)19(25)7-15(22(16)24)17-9-26-4-3-12(17)2/h3-4,7-11,13-14,21H,5-6,25H2,1-2H3,(H,27,28,29)/t11-,13-,14+,21+. The van der Waals surface area contributed by atoms with E-state index >= 15 is 0 Å². The molecule has 0 spiro atoms. The Hall–Kier alpha value is -2.66. The maximum absolute atomic E-state index is 12.7. The Morgan fingerprint density at radius 1 is 1.17 bits per heavy atom. The summed E-state index contributed by atoms with van der Waals surface area (Å²) >= 11 is 6.77. The fourth-order valence-corrected chi connectivity index (χ4v) is 5.34. The van der Waals surface area contributed by atoms with E-state index in [1.807, 2.05) is 25.1 Å². The molecule has 5 nitrogen and oxygen atoms in total. The minimum Gasteiger partial charge on any atom is -0.398 e. The van der Waals surface area contributed by atoms with E-state index in [0.717, 1.165) is 46.2 Å². The highest BCUT2D eigenvalue weighted by atomic mass is 35.5. The third-order valence-electron chi connectivity index (χ3n) is 6.55. The number of hydrogen-bond donors (Lipinski definition) is 2. The highest BCUT2D eigenvalue weighted by Gasteiger charge is 2.58. The van der Waals surface area contributed by atoms with Gasteiger partial charge in [0, 0.05) is 52.1 Å². The van der Waals surface area contributed by atoms with Gasteiger partial charge in [-0.1, -0.05) is 18.5 Å². The molecule has 0 radical (unpaired) electrons. The molecule has 2 aromatic heterocycles. The van der Waals surface area contributed by atoms with Gasteiger partial charge in [0.2, 0.25) is 5.91 Å². The summed E-state index contributed by atoms with van der Waals surface area (Å²) in [5, 5.41) is 5.13. The summed E-state index contributed by atoms with van der Waals surface area (Å²) < 4.78 is 0. The van der Waals surface area contributed by atoms with E-state index < -0.39 is 0 Å². The lowest BCUT2D eigenvalue weighted by molar-refractivity contribution is -0.118. The van der Waals surface area contributed by atoms with Crippen LogP contribution >= 0.6 is 11.6 Å². The zero-order valence-corrected chi connectivity index (χ0v) is 17.2. The van der Waals surface area contributed by atoms with Gasteiger partial charge in [-0.3, -0.25) is 9.78 Å². The van der Waals surface area contributed by atoms with Crippen LogP contribution in [0.5, 0.6) is 0 Å². The third kappa shape index (κ3) is 3.04. The molecule has 2 fully saturated rings. The van der Waals surface area contributed by atoms with Gasteiger partial charge in [0.05, 0.1) is 5.02 Å².